The average molecular weight is 485 g/mol. The van der Waals surface area contributed by atoms with Crippen molar-refractivity contribution < 1.29 is 14.3 Å². The third kappa shape index (κ3) is 6.03. The Kier molecular flexibility index (Phi) is 6.39. The summed E-state index contributed by atoms with van der Waals surface area (Å²) in [5.74, 6) is 0.809. The van der Waals surface area contributed by atoms with Crippen LogP contribution in [-0.4, -0.2) is 28.6 Å². The van der Waals surface area contributed by atoms with Crippen LogP contribution in [0.4, 0.5) is 22.0 Å². The fourth-order valence-corrected chi connectivity index (χ4v) is 4.56. The van der Waals surface area contributed by atoms with Crippen molar-refractivity contribution in [1.82, 2.24) is 10.3 Å². The van der Waals surface area contributed by atoms with Crippen LogP contribution in [0.2, 0.25) is 0 Å². The Morgan fingerprint density at radius 1 is 0.917 bits per heavy atom. The minimum Gasteiger partial charge on any atom is -0.444 e. The summed E-state index contributed by atoms with van der Waals surface area (Å²) in [6.45, 7) is 5.41. The van der Waals surface area contributed by atoms with Crippen molar-refractivity contribution >= 4 is 29.2 Å². The molecule has 1 fully saturated rings. The van der Waals surface area contributed by atoms with Crippen LogP contribution in [-0.2, 0) is 17.6 Å². The smallest absolute Gasteiger partial charge is 0.412 e. The number of carbonyl (C=O) groups is 2. The zero-order chi connectivity index (χ0) is 25.3. The minimum atomic E-state index is -0.640. The molecule has 5 rings (SSSR count). The van der Waals surface area contributed by atoms with E-state index in [0.717, 1.165) is 18.5 Å². The lowest BCUT2D eigenvalue weighted by Crippen LogP contribution is -2.36. The molecule has 0 spiro atoms. The number of nitrogens with one attached hydrogen (secondary N) is 3. The minimum absolute atomic E-state index is 0.00537. The Labute approximate surface area is 211 Å². The van der Waals surface area contributed by atoms with Gasteiger partial charge < -0.3 is 15.4 Å². The van der Waals surface area contributed by atoms with Crippen LogP contribution in [0.25, 0.3) is 0 Å². The lowest BCUT2D eigenvalue weighted by Gasteiger charge is -2.20. The highest BCUT2D eigenvalue weighted by molar-refractivity contribution is 5.95. The second-order valence-electron chi connectivity index (χ2n) is 10.6. The van der Waals surface area contributed by atoms with E-state index in [4.69, 9.17) is 4.74 Å². The van der Waals surface area contributed by atoms with Gasteiger partial charge in [-0.05, 0) is 87.3 Å². The molecule has 1 aromatic heterocycles. The van der Waals surface area contributed by atoms with Crippen molar-refractivity contribution in [3.63, 3.8) is 0 Å². The first-order valence-corrected chi connectivity index (χ1v) is 12.5. The molecule has 2 amide bonds. The van der Waals surface area contributed by atoms with Gasteiger partial charge in [-0.3, -0.25) is 10.1 Å². The number of rotatable bonds is 6. The normalized spacial score (nSPS) is 15.2. The second kappa shape index (κ2) is 9.64. The first kappa shape index (κ1) is 23.9. The predicted molar refractivity (Wildman–Crippen MR) is 141 cm³/mol. The van der Waals surface area contributed by atoms with Crippen LogP contribution in [0.5, 0.6) is 0 Å². The Morgan fingerprint density at radius 3 is 2.31 bits per heavy atom. The number of fused-ring (bicyclic) bond motifs is 1. The van der Waals surface area contributed by atoms with Crippen LogP contribution in [0.3, 0.4) is 0 Å². The van der Waals surface area contributed by atoms with E-state index in [2.05, 4.69) is 45.2 Å². The lowest BCUT2D eigenvalue weighted by molar-refractivity contribution is 0.0635. The van der Waals surface area contributed by atoms with E-state index in [-0.39, 0.29) is 17.6 Å². The molecule has 7 heteroatoms. The Hall–Kier alpha value is -3.87. The summed E-state index contributed by atoms with van der Waals surface area (Å²) in [6, 6.07) is 19.8. The van der Waals surface area contributed by atoms with E-state index >= 15 is 0 Å². The highest BCUT2D eigenvalue weighted by Crippen LogP contribution is 2.40. The van der Waals surface area contributed by atoms with Gasteiger partial charge in [0, 0.05) is 17.8 Å². The largest absolute Gasteiger partial charge is 0.444 e. The number of anilines is 3. The van der Waals surface area contributed by atoms with E-state index in [1.165, 1.54) is 29.5 Å². The molecule has 1 heterocycles. The summed E-state index contributed by atoms with van der Waals surface area (Å²) in [6.07, 6.45) is 3.42. The number of carbonyl (C=O) groups excluding carboxylic acids is 2. The Bertz CT molecular complexity index is 1270. The monoisotopic (exact) mass is 484 g/mol. The summed E-state index contributed by atoms with van der Waals surface area (Å²) < 4.78 is 5.40. The second-order valence-corrected chi connectivity index (χ2v) is 10.6. The molecule has 186 valence electrons. The maximum absolute atomic E-state index is 13.2. The van der Waals surface area contributed by atoms with Crippen LogP contribution in [0, 0.1) is 0 Å². The molecule has 2 aromatic carbocycles. The van der Waals surface area contributed by atoms with Crippen molar-refractivity contribution in [3.8, 4) is 0 Å². The van der Waals surface area contributed by atoms with Gasteiger partial charge in [0.15, 0.2) is 0 Å². The molecule has 0 aliphatic heterocycles. The van der Waals surface area contributed by atoms with Crippen LogP contribution >= 0.6 is 0 Å². The van der Waals surface area contributed by atoms with Gasteiger partial charge >= 0.3 is 6.09 Å². The van der Waals surface area contributed by atoms with Gasteiger partial charge in [-0.2, -0.15) is 0 Å². The zero-order valence-electron chi connectivity index (χ0n) is 20.9. The topological polar surface area (TPSA) is 92.3 Å². The lowest BCUT2D eigenvalue weighted by atomic mass is 10.1. The van der Waals surface area contributed by atoms with Crippen molar-refractivity contribution in [2.45, 2.75) is 64.0 Å². The number of aromatic nitrogens is 1. The van der Waals surface area contributed by atoms with E-state index in [1.54, 1.807) is 32.9 Å². The molecule has 1 saturated carbocycles. The van der Waals surface area contributed by atoms with Gasteiger partial charge in [-0.15, -0.1) is 0 Å². The summed E-state index contributed by atoms with van der Waals surface area (Å²) >= 11 is 0. The average Bonchev–Trinajstić information content (AvgIpc) is 3.57. The van der Waals surface area contributed by atoms with Gasteiger partial charge in [0.05, 0.1) is 5.69 Å². The van der Waals surface area contributed by atoms with E-state index in [0.29, 0.717) is 17.4 Å². The third-order valence-electron chi connectivity index (χ3n) is 6.30. The van der Waals surface area contributed by atoms with E-state index in [9.17, 15) is 9.59 Å². The Morgan fingerprint density at radius 2 is 1.64 bits per heavy atom. The molecule has 0 saturated heterocycles. The first-order valence-electron chi connectivity index (χ1n) is 12.5. The Balaban J connectivity index is 1.36. The van der Waals surface area contributed by atoms with Crippen molar-refractivity contribution in [1.29, 1.82) is 0 Å². The van der Waals surface area contributed by atoms with Gasteiger partial charge in [-0.25, -0.2) is 9.78 Å². The molecule has 0 unspecified atom stereocenters. The molecule has 3 N–H and O–H groups in total. The molecule has 7 nitrogen and oxygen atoms in total. The summed E-state index contributed by atoms with van der Waals surface area (Å²) in [5.41, 5.74) is 4.71. The fourth-order valence-electron chi connectivity index (χ4n) is 4.56. The number of ether oxygens (including phenoxy) is 1. The number of hydrogen-bond acceptors (Lipinski definition) is 5. The third-order valence-corrected chi connectivity index (χ3v) is 6.30. The van der Waals surface area contributed by atoms with Crippen molar-refractivity contribution in [2.24, 2.45) is 0 Å². The zero-order valence-corrected chi connectivity index (χ0v) is 20.9. The standard InChI is InChI=1S/C29H32N4O3/c1-29(2,3)36-28(35)32-24-16-25(27(34)31-23-14-20-7-4-5-8-21(20)15-23)33-26(17-24)30-22-10-6-9-19(13-22)18-11-12-18/h4-10,13,16-18,23H,11-12,14-15H2,1-3H3,(H,31,34)(H2,30,32,33,35). The molecule has 2 aliphatic carbocycles. The summed E-state index contributed by atoms with van der Waals surface area (Å²) in [7, 11) is 0. The van der Waals surface area contributed by atoms with Crippen LogP contribution in [0.1, 0.15) is 66.7 Å². The molecule has 3 aromatic rings. The highest BCUT2D eigenvalue weighted by Gasteiger charge is 2.25. The summed E-state index contributed by atoms with van der Waals surface area (Å²) in [5, 5.41) is 9.17. The highest BCUT2D eigenvalue weighted by atomic mass is 16.6. The fraction of sp³-hybridized carbons (Fsp3) is 0.345. The number of amides is 2. The van der Waals surface area contributed by atoms with Crippen LogP contribution < -0.4 is 16.0 Å². The maximum Gasteiger partial charge on any atom is 0.412 e. The first-order chi connectivity index (χ1) is 17.2. The molecule has 0 radical (unpaired) electrons. The van der Waals surface area contributed by atoms with Gasteiger partial charge in [0.2, 0.25) is 0 Å². The van der Waals surface area contributed by atoms with Crippen LogP contribution in [0.15, 0.2) is 60.7 Å². The molecule has 2 aliphatic rings. The number of nitrogens with zero attached hydrogens (tertiary/aromatic N) is 1. The molecule has 0 bridgehead atoms. The van der Waals surface area contributed by atoms with E-state index in [1.807, 2.05) is 24.3 Å². The van der Waals surface area contributed by atoms with Gasteiger partial charge in [0.25, 0.3) is 5.91 Å². The molecular weight excluding hydrogens is 452 g/mol. The molecular formula is C29H32N4O3. The number of benzene rings is 2. The maximum atomic E-state index is 13.2. The SMILES string of the molecule is CC(C)(C)OC(=O)Nc1cc(Nc2cccc(C3CC3)c2)nc(C(=O)NC2Cc3ccccc3C2)c1. The number of hydrogen-bond donors (Lipinski definition) is 3. The predicted octanol–water partition coefficient (Wildman–Crippen LogP) is 5.95. The number of pyridine rings is 1. The van der Waals surface area contributed by atoms with Gasteiger partial charge in [0.1, 0.15) is 17.1 Å². The quantitative estimate of drug-likeness (QED) is 0.402. The van der Waals surface area contributed by atoms with Gasteiger partial charge in [-0.1, -0.05) is 36.4 Å². The molecule has 0 atom stereocenters. The van der Waals surface area contributed by atoms with Crippen molar-refractivity contribution in [3.05, 3.63) is 83.0 Å². The van der Waals surface area contributed by atoms with E-state index < -0.39 is 11.7 Å². The molecule has 36 heavy (non-hydrogen) atoms. The van der Waals surface area contributed by atoms with Crippen molar-refractivity contribution in [2.75, 3.05) is 10.6 Å². The summed E-state index contributed by atoms with van der Waals surface area (Å²) in [4.78, 5) is 30.2.